The number of hydrogen-bond donors (Lipinski definition) is 0. The Kier molecular flexibility index (Phi) is 2.65. The van der Waals surface area contributed by atoms with Crippen molar-refractivity contribution in [2.45, 2.75) is 11.3 Å². The number of carbonyl (C=O) groups is 1. The highest BCUT2D eigenvalue weighted by Gasteiger charge is 2.22. The number of halogens is 2. The number of Topliss-reactive ketones (excluding diaryl/α,β-unsaturated/α-hetero) is 1. The number of benzene rings is 1. The minimum atomic E-state index is -0.0518. The van der Waals surface area contributed by atoms with Crippen LogP contribution < -0.4 is 4.74 Å². The zero-order valence-electron chi connectivity index (χ0n) is 7.05. The van der Waals surface area contributed by atoms with Crippen molar-refractivity contribution in [1.82, 2.24) is 0 Å². The van der Waals surface area contributed by atoms with Crippen molar-refractivity contribution in [2.24, 2.45) is 0 Å². The second-order valence-corrected chi connectivity index (χ2v) is 3.91. The first-order valence-electron chi connectivity index (χ1n) is 4.00. The van der Waals surface area contributed by atoms with Gasteiger partial charge in [0.05, 0.1) is 29.3 Å². The van der Waals surface area contributed by atoms with E-state index in [1.807, 2.05) is 0 Å². The van der Waals surface area contributed by atoms with Gasteiger partial charge in [0, 0.05) is 11.3 Å². The van der Waals surface area contributed by atoms with Gasteiger partial charge in [0.15, 0.2) is 5.78 Å². The molecule has 0 fully saturated rings. The molecular formula is C9H6ClFO2S. The van der Waals surface area contributed by atoms with Gasteiger partial charge in [-0.2, -0.15) is 3.89 Å². The van der Waals surface area contributed by atoms with Crippen molar-refractivity contribution in [3.8, 4) is 5.75 Å². The lowest BCUT2D eigenvalue weighted by Gasteiger charge is -2.17. The lowest BCUT2D eigenvalue weighted by atomic mass is 10.1. The largest absolute Gasteiger partial charge is 0.491 e. The third kappa shape index (κ3) is 1.60. The van der Waals surface area contributed by atoms with E-state index in [0.29, 0.717) is 29.2 Å². The molecule has 0 bridgehead atoms. The molecule has 0 radical (unpaired) electrons. The highest BCUT2D eigenvalue weighted by Crippen LogP contribution is 2.36. The highest BCUT2D eigenvalue weighted by atomic mass is 35.5. The van der Waals surface area contributed by atoms with E-state index in [1.165, 1.54) is 12.1 Å². The number of carbonyl (C=O) groups excluding carboxylic acids is 1. The van der Waals surface area contributed by atoms with Crippen molar-refractivity contribution in [1.29, 1.82) is 0 Å². The van der Waals surface area contributed by atoms with Crippen molar-refractivity contribution in [3.63, 3.8) is 0 Å². The number of ether oxygens (including phenoxy) is 1. The van der Waals surface area contributed by atoms with Gasteiger partial charge in [-0.05, 0) is 12.1 Å². The molecule has 74 valence electrons. The Morgan fingerprint density at radius 3 is 3.00 bits per heavy atom. The Bertz CT molecular complexity index is 395. The second-order valence-electron chi connectivity index (χ2n) is 2.88. The summed E-state index contributed by atoms with van der Waals surface area (Å²) in [5, 5.41) is 0.288. The molecular weight excluding hydrogens is 227 g/mol. The molecule has 2 rings (SSSR count). The van der Waals surface area contributed by atoms with E-state index >= 15 is 0 Å². The van der Waals surface area contributed by atoms with Crippen LogP contribution >= 0.6 is 23.7 Å². The van der Waals surface area contributed by atoms with E-state index in [2.05, 4.69) is 0 Å². The Labute approximate surface area is 89.7 Å². The molecule has 1 aromatic carbocycles. The van der Waals surface area contributed by atoms with Crippen LogP contribution in [-0.4, -0.2) is 12.4 Å². The van der Waals surface area contributed by atoms with Gasteiger partial charge in [-0.3, -0.25) is 4.79 Å². The molecule has 0 N–H and O–H groups in total. The molecule has 1 aliphatic heterocycles. The first-order chi connectivity index (χ1) is 6.72. The Morgan fingerprint density at radius 2 is 2.29 bits per heavy atom. The second kappa shape index (κ2) is 3.79. The molecule has 5 heteroatoms. The van der Waals surface area contributed by atoms with E-state index in [0.717, 1.165) is 0 Å². The van der Waals surface area contributed by atoms with Gasteiger partial charge in [0.2, 0.25) is 0 Å². The van der Waals surface area contributed by atoms with Gasteiger partial charge in [0.25, 0.3) is 0 Å². The molecule has 0 amide bonds. The highest BCUT2D eigenvalue weighted by molar-refractivity contribution is 7.94. The predicted octanol–water partition coefficient (Wildman–Crippen LogP) is 3.28. The first-order valence-corrected chi connectivity index (χ1v) is 5.10. The van der Waals surface area contributed by atoms with Crippen LogP contribution in [0.2, 0.25) is 5.02 Å². The molecule has 1 aliphatic rings. The fourth-order valence-corrected chi connectivity index (χ4v) is 2.01. The summed E-state index contributed by atoms with van der Waals surface area (Å²) in [7, 11) is 0. The molecule has 0 spiro atoms. The van der Waals surface area contributed by atoms with Gasteiger partial charge in [0.1, 0.15) is 5.75 Å². The van der Waals surface area contributed by atoms with Gasteiger partial charge in [-0.15, -0.1) is 0 Å². The van der Waals surface area contributed by atoms with Crippen molar-refractivity contribution < 1.29 is 13.4 Å². The number of rotatable bonds is 1. The van der Waals surface area contributed by atoms with Crippen molar-refractivity contribution >= 4 is 29.5 Å². The molecule has 2 nitrogen and oxygen atoms in total. The van der Waals surface area contributed by atoms with E-state index < -0.39 is 0 Å². The van der Waals surface area contributed by atoms with E-state index in [1.54, 1.807) is 0 Å². The summed E-state index contributed by atoms with van der Waals surface area (Å²) < 4.78 is 17.5. The molecule has 0 atom stereocenters. The van der Waals surface area contributed by atoms with Crippen LogP contribution in [0, 0.1) is 0 Å². The summed E-state index contributed by atoms with van der Waals surface area (Å²) in [4.78, 5) is 11.8. The predicted molar refractivity (Wildman–Crippen MR) is 52.9 cm³/mol. The summed E-state index contributed by atoms with van der Waals surface area (Å²) in [6.07, 6.45) is 0.323. The van der Waals surface area contributed by atoms with Gasteiger partial charge < -0.3 is 4.74 Å². The maximum Gasteiger partial charge on any atom is 0.170 e. The lowest BCUT2D eigenvalue weighted by molar-refractivity contribution is 0.0933. The molecule has 0 aromatic heterocycles. The van der Waals surface area contributed by atoms with Crippen LogP contribution in [0.15, 0.2) is 17.0 Å². The summed E-state index contributed by atoms with van der Waals surface area (Å²) in [5.41, 5.74) is 0.379. The lowest BCUT2D eigenvalue weighted by Crippen LogP contribution is -2.15. The maximum absolute atomic E-state index is 12.3. The minimum Gasteiger partial charge on any atom is -0.491 e. The number of ketones is 1. The van der Waals surface area contributed by atoms with Crippen LogP contribution in [0.5, 0.6) is 5.75 Å². The summed E-state index contributed by atoms with van der Waals surface area (Å²) in [6.45, 7) is 0.341. The molecule has 0 unspecified atom stereocenters. The third-order valence-electron chi connectivity index (χ3n) is 1.98. The van der Waals surface area contributed by atoms with Gasteiger partial charge >= 0.3 is 0 Å². The van der Waals surface area contributed by atoms with Crippen LogP contribution in [0.4, 0.5) is 3.89 Å². The van der Waals surface area contributed by atoms with E-state index in [4.69, 9.17) is 16.3 Å². The standard InChI is InChI=1S/C9H6ClFO2S/c10-7-4-5(14-11)3-6-8(12)1-2-13-9(6)7/h3-4H,1-2H2. The third-order valence-corrected chi connectivity index (χ3v) is 2.68. The Balaban J connectivity index is 2.57. The normalized spacial score (nSPS) is 14.9. The van der Waals surface area contributed by atoms with Gasteiger partial charge in [-0.1, -0.05) is 11.6 Å². The van der Waals surface area contributed by atoms with Gasteiger partial charge in [-0.25, -0.2) is 0 Å². The topological polar surface area (TPSA) is 26.3 Å². The van der Waals surface area contributed by atoms with Crippen molar-refractivity contribution in [3.05, 3.63) is 22.7 Å². The summed E-state index contributed by atoms with van der Waals surface area (Å²) >= 11 is 5.90. The monoisotopic (exact) mass is 232 g/mol. The van der Waals surface area contributed by atoms with Crippen LogP contribution in [0.25, 0.3) is 0 Å². The van der Waals surface area contributed by atoms with Crippen molar-refractivity contribution in [2.75, 3.05) is 6.61 Å². The first kappa shape index (κ1) is 9.80. The zero-order valence-corrected chi connectivity index (χ0v) is 8.62. The molecule has 1 aromatic rings. The molecule has 0 saturated carbocycles. The van der Waals surface area contributed by atoms with E-state index in [9.17, 15) is 8.68 Å². The zero-order chi connectivity index (χ0) is 10.1. The van der Waals surface area contributed by atoms with Crippen LogP contribution in [0.3, 0.4) is 0 Å². The molecule has 1 heterocycles. The SMILES string of the molecule is O=C1CCOc2c(Cl)cc(SF)cc21. The number of hydrogen-bond acceptors (Lipinski definition) is 3. The minimum absolute atomic E-state index is 0.0518. The smallest absolute Gasteiger partial charge is 0.170 e. The summed E-state index contributed by atoms with van der Waals surface area (Å²) in [5.74, 6) is 0.324. The molecule has 0 aliphatic carbocycles. The van der Waals surface area contributed by atoms with Crippen LogP contribution in [-0.2, 0) is 0 Å². The van der Waals surface area contributed by atoms with E-state index in [-0.39, 0.29) is 23.0 Å². The Morgan fingerprint density at radius 1 is 1.50 bits per heavy atom. The van der Waals surface area contributed by atoms with Crippen LogP contribution in [0.1, 0.15) is 16.8 Å². The molecule has 0 saturated heterocycles. The fraction of sp³-hybridized carbons (Fsp3) is 0.222. The Hall–Kier alpha value is -0.740. The average Bonchev–Trinajstić information content (AvgIpc) is 2.19. The summed E-state index contributed by atoms with van der Waals surface area (Å²) in [6, 6.07) is 2.91. The fourth-order valence-electron chi connectivity index (χ4n) is 1.35. The molecule has 14 heavy (non-hydrogen) atoms. The number of fused-ring (bicyclic) bond motifs is 1. The maximum atomic E-state index is 12.3. The quantitative estimate of drug-likeness (QED) is 0.743. The average molecular weight is 233 g/mol.